The topological polar surface area (TPSA) is 61.1 Å². The molecule has 0 N–H and O–H groups in total. The summed E-state index contributed by atoms with van der Waals surface area (Å²) >= 11 is 0. The van der Waals surface area contributed by atoms with Crippen LogP contribution >= 0.6 is 0 Å². The van der Waals surface area contributed by atoms with Crippen LogP contribution in [0.2, 0.25) is 0 Å². The number of pyridine rings is 1. The smallest absolute Gasteiger partial charge is 0.308 e. The van der Waals surface area contributed by atoms with Crippen molar-refractivity contribution < 1.29 is 13.1 Å². The summed E-state index contributed by atoms with van der Waals surface area (Å²) in [6.07, 6.45) is 2.20. The van der Waals surface area contributed by atoms with Crippen LogP contribution < -0.4 is 4.73 Å². The molecule has 0 atom stereocenters. The Hall–Kier alpha value is -1.10. The van der Waals surface area contributed by atoms with Crippen LogP contribution in [0, 0.1) is 12.1 Å². The summed E-state index contributed by atoms with van der Waals surface area (Å²) in [5, 5.41) is 10.7. The summed E-state index contributed by atoms with van der Waals surface area (Å²) < 4.78 is 22.3. The normalized spacial score (nSPS) is 11.5. The van der Waals surface area contributed by atoms with Gasteiger partial charge in [0.1, 0.15) is 0 Å². The van der Waals surface area contributed by atoms with Crippen molar-refractivity contribution in [3.8, 4) is 0 Å². The van der Waals surface area contributed by atoms with Gasteiger partial charge in [-0.2, -0.15) is 4.73 Å². The monoisotopic (exact) mass is 187 g/mol. The van der Waals surface area contributed by atoms with Gasteiger partial charge in [-0.3, -0.25) is 0 Å². The number of rotatable bonds is 1. The standard InChI is InChI=1S/C7H9NO3S/c1-6-3-4-8(9)7(5-6)12(2,10)11/h3-5H,1-2H3. The van der Waals surface area contributed by atoms with Crippen molar-refractivity contribution in [2.45, 2.75) is 11.9 Å². The van der Waals surface area contributed by atoms with Gasteiger partial charge in [0.25, 0.3) is 0 Å². The molecule has 0 aromatic carbocycles. The molecule has 4 nitrogen and oxygen atoms in total. The summed E-state index contributed by atoms with van der Waals surface area (Å²) in [7, 11) is -3.41. The van der Waals surface area contributed by atoms with Crippen molar-refractivity contribution in [3.63, 3.8) is 0 Å². The van der Waals surface area contributed by atoms with E-state index in [1.165, 1.54) is 12.3 Å². The summed E-state index contributed by atoms with van der Waals surface area (Å²) in [6, 6.07) is 2.91. The maximum atomic E-state index is 11.0. The number of aryl methyl sites for hydroxylation is 1. The number of nitrogens with zero attached hydrogens (tertiary/aromatic N) is 1. The second kappa shape index (κ2) is 2.75. The number of hydrogen-bond acceptors (Lipinski definition) is 3. The molecule has 1 aromatic rings. The van der Waals surface area contributed by atoms with Crippen molar-refractivity contribution in [2.24, 2.45) is 0 Å². The van der Waals surface area contributed by atoms with Gasteiger partial charge in [0, 0.05) is 18.4 Å². The molecule has 0 saturated heterocycles. The maximum Gasteiger partial charge on any atom is 0.308 e. The lowest BCUT2D eigenvalue weighted by Gasteiger charge is -2.01. The van der Waals surface area contributed by atoms with Gasteiger partial charge in [0.2, 0.25) is 9.84 Å². The van der Waals surface area contributed by atoms with Crippen molar-refractivity contribution >= 4 is 9.84 Å². The highest BCUT2D eigenvalue weighted by molar-refractivity contribution is 7.90. The first kappa shape index (κ1) is 8.99. The molecule has 0 amide bonds. The van der Waals surface area contributed by atoms with E-state index >= 15 is 0 Å². The van der Waals surface area contributed by atoms with E-state index in [0.29, 0.717) is 4.73 Å². The van der Waals surface area contributed by atoms with Crippen LogP contribution in [-0.2, 0) is 9.84 Å². The molecule has 66 valence electrons. The molecular formula is C7H9NO3S. The Labute approximate surface area is 71.0 Å². The molecule has 0 fully saturated rings. The highest BCUT2D eigenvalue weighted by Gasteiger charge is 2.17. The van der Waals surface area contributed by atoms with E-state index in [-0.39, 0.29) is 5.03 Å². The highest BCUT2D eigenvalue weighted by Crippen LogP contribution is 2.04. The van der Waals surface area contributed by atoms with Gasteiger partial charge in [-0.05, 0) is 12.5 Å². The van der Waals surface area contributed by atoms with E-state index in [2.05, 4.69) is 0 Å². The lowest BCUT2D eigenvalue weighted by atomic mass is 10.3. The molecule has 5 heteroatoms. The molecule has 1 aromatic heterocycles. The lowest BCUT2D eigenvalue weighted by molar-refractivity contribution is -0.646. The Morgan fingerprint density at radius 2 is 2.08 bits per heavy atom. The van der Waals surface area contributed by atoms with Crippen molar-refractivity contribution in [2.75, 3.05) is 6.26 Å². The third-order valence-electron chi connectivity index (χ3n) is 1.42. The second-order valence-corrected chi connectivity index (χ2v) is 4.60. The predicted octanol–water partition coefficient (Wildman–Crippen LogP) is 0.0319. The molecule has 0 aliphatic rings. The fourth-order valence-electron chi connectivity index (χ4n) is 0.836. The van der Waals surface area contributed by atoms with E-state index in [9.17, 15) is 13.6 Å². The molecule has 0 aliphatic heterocycles. The molecule has 0 aliphatic carbocycles. The third kappa shape index (κ3) is 1.73. The summed E-state index contributed by atoms with van der Waals surface area (Å²) in [6.45, 7) is 1.73. The summed E-state index contributed by atoms with van der Waals surface area (Å²) in [5.41, 5.74) is 0.752. The molecule has 0 radical (unpaired) electrons. The van der Waals surface area contributed by atoms with Gasteiger partial charge in [-0.1, -0.05) is 0 Å². The molecule has 0 spiro atoms. The number of sulfone groups is 1. The van der Waals surface area contributed by atoms with E-state index in [0.717, 1.165) is 11.8 Å². The predicted molar refractivity (Wildman–Crippen MR) is 43.2 cm³/mol. The van der Waals surface area contributed by atoms with Crippen molar-refractivity contribution in [1.29, 1.82) is 0 Å². The number of hydrogen-bond donors (Lipinski definition) is 0. The quantitative estimate of drug-likeness (QED) is 0.460. The third-order valence-corrected chi connectivity index (χ3v) is 2.48. The van der Waals surface area contributed by atoms with Crippen LogP contribution in [0.5, 0.6) is 0 Å². The molecular weight excluding hydrogens is 178 g/mol. The van der Waals surface area contributed by atoms with E-state index in [4.69, 9.17) is 0 Å². The van der Waals surface area contributed by atoms with E-state index in [1.54, 1.807) is 13.0 Å². The summed E-state index contributed by atoms with van der Waals surface area (Å²) in [5.74, 6) is 0. The first-order chi connectivity index (χ1) is 5.41. The van der Waals surface area contributed by atoms with Crippen LogP contribution in [0.3, 0.4) is 0 Å². The minimum Gasteiger partial charge on any atom is -0.618 e. The minimum atomic E-state index is -3.41. The van der Waals surface area contributed by atoms with Crippen molar-refractivity contribution in [1.82, 2.24) is 0 Å². The number of aromatic nitrogens is 1. The van der Waals surface area contributed by atoms with Crippen LogP contribution in [0.15, 0.2) is 23.4 Å². The largest absolute Gasteiger partial charge is 0.618 e. The highest BCUT2D eigenvalue weighted by atomic mass is 32.2. The first-order valence-electron chi connectivity index (χ1n) is 3.31. The fourth-order valence-corrected chi connectivity index (χ4v) is 1.62. The molecule has 1 heterocycles. The van der Waals surface area contributed by atoms with E-state index in [1.807, 2.05) is 0 Å². The van der Waals surface area contributed by atoms with Crippen LogP contribution in [0.1, 0.15) is 5.56 Å². The van der Waals surface area contributed by atoms with Gasteiger partial charge in [-0.25, -0.2) is 8.42 Å². The minimum absolute atomic E-state index is 0.206. The molecule has 0 saturated carbocycles. The zero-order valence-electron chi connectivity index (χ0n) is 6.81. The van der Waals surface area contributed by atoms with Gasteiger partial charge in [0.15, 0.2) is 6.20 Å². The second-order valence-electron chi connectivity index (χ2n) is 2.64. The van der Waals surface area contributed by atoms with Gasteiger partial charge >= 0.3 is 5.03 Å². The van der Waals surface area contributed by atoms with Crippen LogP contribution in [-0.4, -0.2) is 14.7 Å². The molecule has 1 rings (SSSR count). The fraction of sp³-hybridized carbons (Fsp3) is 0.286. The SMILES string of the molecule is Cc1cc[n+]([O-])c(S(C)(=O)=O)c1. The Kier molecular flexibility index (Phi) is 2.06. The Bertz CT molecular complexity index is 397. The van der Waals surface area contributed by atoms with Gasteiger partial charge in [-0.15, -0.1) is 0 Å². The molecule has 0 bridgehead atoms. The van der Waals surface area contributed by atoms with Gasteiger partial charge in [0.05, 0.1) is 0 Å². The average molecular weight is 187 g/mol. The molecule has 0 unspecified atom stereocenters. The lowest BCUT2D eigenvalue weighted by Crippen LogP contribution is -2.33. The average Bonchev–Trinajstić information content (AvgIpc) is 1.92. The van der Waals surface area contributed by atoms with Crippen LogP contribution in [0.25, 0.3) is 0 Å². The Morgan fingerprint density at radius 1 is 1.50 bits per heavy atom. The zero-order chi connectivity index (χ0) is 9.35. The molecule has 12 heavy (non-hydrogen) atoms. The maximum absolute atomic E-state index is 11.0. The summed E-state index contributed by atoms with van der Waals surface area (Å²) in [4.78, 5) is 0. The Morgan fingerprint density at radius 3 is 2.50 bits per heavy atom. The first-order valence-corrected chi connectivity index (χ1v) is 5.20. The van der Waals surface area contributed by atoms with E-state index < -0.39 is 9.84 Å². The van der Waals surface area contributed by atoms with Crippen LogP contribution in [0.4, 0.5) is 0 Å². The Balaban J connectivity index is 3.43. The van der Waals surface area contributed by atoms with Gasteiger partial charge < -0.3 is 5.21 Å². The zero-order valence-corrected chi connectivity index (χ0v) is 7.63. The van der Waals surface area contributed by atoms with Crippen molar-refractivity contribution in [3.05, 3.63) is 29.1 Å².